The fourth-order valence-corrected chi connectivity index (χ4v) is 5.05. The van der Waals surface area contributed by atoms with Crippen LogP contribution >= 0.6 is 0 Å². The van der Waals surface area contributed by atoms with E-state index in [2.05, 4.69) is 70.5 Å². The van der Waals surface area contributed by atoms with Crippen LogP contribution in [0.15, 0.2) is 84.9 Å². The molecule has 1 saturated heterocycles. The second kappa shape index (κ2) is 9.69. The van der Waals surface area contributed by atoms with Crippen LogP contribution in [0.3, 0.4) is 0 Å². The van der Waals surface area contributed by atoms with E-state index in [0.29, 0.717) is 12.1 Å². The number of rotatable bonds is 7. The van der Waals surface area contributed by atoms with Gasteiger partial charge in [-0.1, -0.05) is 72.8 Å². The average Bonchev–Trinajstić information content (AvgIpc) is 3.11. The van der Waals surface area contributed by atoms with Crippen LogP contribution in [0.1, 0.15) is 33.9 Å². The van der Waals surface area contributed by atoms with Crippen LogP contribution in [0.5, 0.6) is 0 Å². The number of hydrogen-bond acceptors (Lipinski definition) is 4. The highest BCUT2D eigenvalue weighted by Crippen LogP contribution is 2.30. The number of Topliss-reactive ketones (excluding diaryl/α,β-unsaturated/α-hetero) is 1. The Bertz CT molecular complexity index is 1070. The Morgan fingerprint density at radius 2 is 1.24 bits per heavy atom. The number of carbonyl (C=O) groups is 2. The van der Waals surface area contributed by atoms with Gasteiger partial charge in [0.2, 0.25) is 0 Å². The van der Waals surface area contributed by atoms with Gasteiger partial charge in [0, 0.05) is 32.7 Å². The fourth-order valence-electron chi connectivity index (χ4n) is 5.05. The lowest BCUT2D eigenvalue weighted by Gasteiger charge is -2.40. The first-order valence-electron chi connectivity index (χ1n) is 11.7. The van der Waals surface area contributed by atoms with E-state index >= 15 is 0 Å². The van der Waals surface area contributed by atoms with Crippen LogP contribution in [0.4, 0.5) is 5.69 Å². The molecule has 3 aromatic rings. The third-order valence-corrected chi connectivity index (χ3v) is 6.74. The molecule has 0 bridgehead atoms. The number of ketones is 1. The Hall–Kier alpha value is -3.28. The van der Waals surface area contributed by atoms with Gasteiger partial charge in [0.25, 0.3) is 11.7 Å². The Morgan fingerprint density at radius 1 is 0.667 bits per heavy atom. The molecule has 2 aliphatic rings. The van der Waals surface area contributed by atoms with E-state index in [-0.39, 0.29) is 11.8 Å². The molecule has 0 atom stereocenters. The van der Waals surface area contributed by atoms with Gasteiger partial charge in [-0.05, 0) is 36.2 Å². The topological polar surface area (TPSA) is 43.9 Å². The van der Waals surface area contributed by atoms with Crippen molar-refractivity contribution in [3.05, 3.63) is 102 Å². The summed E-state index contributed by atoms with van der Waals surface area (Å²) in [6.45, 7) is 5.50. The number of para-hydroxylation sites is 1. The summed E-state index contributed by atoms with van der Waals surface area (Å²) < 4.78 is 0. The molecule has 0 aliphatic carbocycles. The molecule has 168 valence electrons. The highest BCUT2D eigenvalue weighted by molar-refractivity contribution is 6.52. The quantitative estimate of drug-likeness (QED) is 0.522. The molecule has 5 rings (SSSR count). The monoisotopic (exact) mass is 439 g/mol. The summed E-state index contributed by atoms with van der Waals surface area (Å²) in [5.74, 6) is -0.776. The van der Waals surface area contributed by atoms with Crippen molar-refractivity contribution >= 4 is 17.4 Å². The highest BCUT2D eigenvalue weighted by Gasteiger charge is 2.35. The first kappa shape index (κ1) is 21.6. The number of carbonyl (C=O) groups excluding carboxylic acids is 2. The number of anilines is 1. The summed E-state index contributed by atoms with van der Waals surface area (Å²) in [5, 5.41) is 0. The molecule has 3 aromatic carbocycles. The summed E-state index contributed by atoms with van der Waals surface area (Å²) >= 11 is 0. The number of nitrogens with zero attached hydrogens (tertiary/aromatic N) is 3. The maximum atomic E-state index is 12.4. The SMILES string of the molecule is O=C1C(=O)N(CCCN2CCN(C(c3ccccc3)c3ccccc3)CC2)c2ccccc21. The molecule has 0 saturated carbocycles. The lowest BCUT2D eigenvalue weighted by atomic mass is 9.96. The number of amides is 1. The second-order valence-electron chi connectivity index (χ2n) is 8.76. The van der Waals surface area contributed by atoms with E-state index in [0.717, 1.165) is 44.8 Å². The normalized spacial score (nSPS) is 17.1. The second-order valence-corrected chi connectivity index (χ2v) is 8.76. The Balaban J connectivity index is 1.18. The van der Waals surface area contributed by atoms with Gasteiger partial charge in [0.1, 0.15) is 0 Å². The van der Waals surface area contributed by atoms with E-state index in [1.165, 1.54) is 11.1 Å². The first-order chi connectivity index (χ1) is 16.2. The lowest BCUT2D eigenvalue weighted by Crippen LogP contribution is -2.48. The van der Waals surface area contributed by atoms with Gasteiger partial charge in [-0.2, -0.15) is 0 Å². The third-order valence-electron chi connectivity index (χ3n) is 6.74. The summed E-state index contributed by atoms with van der Waals surface area (Å²) in [7, 11) is 0. The summed E-state index contributed by atoms with van der Waals surface area (Å²) in [6.07, 6.45) is 0.855. The Morgan fingerprint density at radius 3 is 1.88 bits per heavy atom. The number of fused-ring (bicyclic) bond motifs is 1. The predicted molar refractivity (Wildman–Crippen MR) is 130 cm³/mol. The van der Waals surface area contributed by atoms with Crippen molar-refractivity contribution in [2.75, 3.05) is 44.2 Å². The van der Waals surface area contributed by atoms with Crippen LogP contribution in [-0.4, -0.2) is 60.8 Å². The van der Waals surface area contributed by atoms with Gasteiger partial charge in [-0.3, -0.25) is 14.5 Å². The minimum absolute atomic E-state index is 0.263. The molecule has 2 aliphatic heterocycles. The zero-order valence-corrected chi connectivity index (χ0v) is 18.8. The van der Waals surface area contributed by atoms with Gasteiger partial charge in [-0.15, -0.1) is 0 Å². The van der Waals surface area contributed by atoms with Crippen LogP contribution < -0.4 is 4.90 Å². The number of hydrogen-bond donors (Lipinski definition) is 0. The first-order valence-corrected chi connectivity index (χ1v) is 11.7. The molecule has 33 heavy (non-hydrogen) atoms. The molecule has 1 fully saturated rings. The van der Waals surface area contributed by atoms with E-state index < -0.39 is 5.91 Å². The number of piperazine rings is 1. The van der Waals surface area contributed by atoms with Crippen molar-refractivity contribution in [3.63, 3.8) is 0 Å². The standard InChI is InChI=1S/C28H29N3O2/c32-27-24-14-7-8-15-25(24)31(28(27)33)17-9-16-29-18-20-30(21-19-29)26(22-10-3-1-4-11-22)23-12-5-2-6-13-23/h1-8,10-15,26H,9,16-21H2. The molecule has 0 spiro atoms. The van der Waals surface area contributed by atoms with E-state index in [4.69, 9.17) is 0 Å². The maximum Gasteiger partial charge on any atom is 0.299 e. The summed E-state index contributed by atoms with van der Waals surface area (Å²) in [4.78, 5) is 31.3. The fraction of sp³-hybridized carbons (Fsp3) is 0.286. The zero-order valence-electron chi connectivity index (χ0n) is 18.8. The smallest absolute Gasteiger partial charge is 0.299 e. The van der Waals surface area contributed by atoms with E-state index in [1.807, 2.05) is 18.2 Å². The predicted octanol–water partition coefficient (Wildman–Crippen LogP) is 4.01. The summed E-state index contributed by atoms with van der Waals surface area (Å²) in [6, 6.07) is 29.0. The van der Waals surface area contributed by atoms with E-state index in [9.17, 15) is 9.59 Å². The third kappa shape index (κ3) is 4.47. The van der Waals surface area contributed by atoms with Crippen molar-refractivity contribution in [2.24, 2.45) is 0 Å². The van der Waals surface area contributed by atoms with Gasteiger partial charge in [-0.25, -0.2) is 0 Å². The lowest BCUT2D eigenvalue weighted by molar-refractivity contribution is -0.114. The van der Waals surface area contributed by atoms with Crippen molar-refractivity contribution in [1.29, 1.82) is 0 Å². The van der Waals surface area contributed by atoms with Crippen LogP contribution in [0.25, 0.3) is 0 Å². The maximum absolute atomic E-state index is 12.4. The van der Waals surface area contributed by atoms with Crippen molar-refractivity contribution in [2.45, 2.75) is 12.5 Å². The molecular formula is C28H29N3O2. The van der Waals surface area contributed by atoms with Crippen molar-refractivity contribution in [1.82, 2.24) is 9.80 Å². The molecule has 1 amide bonds. The highest BCUT2D eigenvalue weighted by atomic mass is 16.2. The molecule has 0 unspecified atom stereocenters. The zero-order chi connectivity index (χ0) is 22.6. The molecule has 5 heteroatoms. The van der Waals surface area contributed by atoms with Crippen LogP contribution in [0, 0.1) is 0 Å². The van der Waals surface area contributed by atoms with Gasteiger partial charge in [0.05, 0.1) is 17.3 Å². The molecule has 0 aromatic heterocycles. The van der Waals surface area contributed by atoms with Crippen molar-refractivity contribution in [3.8, 4) is 0 Å². The van der Waals surface area contributed by atoms with Crippen LogP contribution in [0.2, 0.25) is 0 Å². The summed E-state index contributed by atoms with van der Waals surface area (Å²) in [5.41, 5.74) is 3.94. The Kier molecular flexibility index (Phi) is 6.33. The molecular weight excluding hydrogens is 410 g/mol. The largest absolute Gasteiger partial charge is 0.305 e. The van der Waals surface area contributed by atoms with Gasteiger partial charge in [0.15, 0.2) is 0 Å². The Labute approximate surface area is 195 Å². The van der Waals surface area contributed by atoms with Gasteiger partial charge >= 0.3 is 0 Å². The number of benzene rings is 3. The van der Waals surface area contributed by atoms with Crippen LogP contribution in [-0.2, 0) is 4.79 Å². The molecule has 5 nitrogen and oxygen atoms in total. The molecule has 2 heterocycles. The molecule has 0 N–H and O–H groups in total. The molecule has 0 radical (unpaired) electrons. The minimum atomic E-state index is -0.394. The minimum Gasteiger partial charge on any atom is -0.305 e. The van der Waals surface area contributed by atoms with Crippen molar-refractivity contribution < 1.29 is 9.59 Å². The average molecular weight is 440 g/mol. The van der Waals surface area contributed by atoms with E-state index in [1.54, 1.807) is 11.0 Å². The van der Waals surface area contributed by atoms with Gasteiger partial charge < -0.3 is 9.80 Å².